The zero-order valence-corrected chi connectivity index (χ0v) is 10.5. The highest BCUT2D eigenvalue weighted by atomic mass is 19.1. The van der Waals surface area contributed by atoms with E-state index in [2.05, 4.69) is 13.8 Å². The fourth-order valence-electron chi connectivity index (χ4n) is 2.30. The quantitative estimate of drug-likeness (QED) is 0.728. The van der Waals surface area contributed by atoms with Gasteiger partial charge >= 0.3 is 0 Å². The summed E-state index contributed by atoms with van der Waals surface area (Å²) >= 11 is 0. The molecule has 0 saturated carbocycles. The molecule has 0 bridgehead atoms. The molecule has 92 valence electrons. The van der Waals surface area contributed by atoms with Crippen LogP contribution < -0.4 is 10.9 Å². The van der Waals surface area contributed by atoms with E-state index in [1.807, 2.05) is 0 Å². The minimum absolute atomic E-state index is 0.159. The fraction of sp³-hybridized carbons (Fsp3) is 0.200. The zero-order chi connectivity index (χ0) is 13.1. The first-order valence-corrected chi connectivity index (χ1v) is 6.09. The number of benzene rings is 2. The Balaban J connectivity index is 2.39. The van der Waals surface area contributed by atoms with E-state index in [0.29, 0.717) is 5.82 Å². The van der Waals surface area contributed by atoms with Crippen LogP contribution in [0.1, 0.15) is 13.8 Å². The zero-order valence-electron chi connectivity index (χ0n) is 10.5. The molecule has 2 rings (SSSR count). The molecular formula is C15H15BF2. The number of hydrogen-bond acceptors (Lipinski definition) is 0. The molecule has 0 unspecified atom stereocenters. The third kappa shape index (κ3) is 2.78. The van der Waals surface area contributed by atoms with Crippen LogP contribution in [0.15, 0.2) is 48.5 Å². The highest BCUT2D eigenvalue weighted by Gasteiger charge is 2.22. The van der Waals surface area contributed by atoms with E-state index in [9.17, 15) is 8.78 Å². The van der Waals surface area contributed by atoms with Crippen LogP contribution in [0, 0.1) is 11.6 Å². The van der Waals surface area contributed by atoms with Gasteiger partial charge in [-0.1, -0.05) is 54.9 Å². The molecule has 0 aliphatic carbocycles. The van der Waals surface area contributed by atoms with Crippen LogP contribution in [0.2, 0.25) is 5.82 Å². The Labute approximate surface area is 107 Å². The molecule has 0 amide bonds. The number of hydrogen-bond donors (Lipinski definition) is 0. The topological polar surface area (TPSA) is 0 Å². The average molecular weight is 244 g/mol. The van der Waals surface area contributed by atoms with Gasteiger partial charge in [0.25, 0.3) is 0 Å². The summed E-state index contributed by atoms with van der Waals surface area (Å²) in [5.41, 5.74) is 2.11. The second-order valence-electron chi connectivity index (χ2n) is 4.82. The Morgan fingerprint density at radius 3 is 1.33 bits per heavy atom. The van der Waals surface area contributed by atoms with Crippen molar-refractivity contribution in [1.82, 2.24) is 0 Å². The SMILES string of the molecule is CC(C)B(c1ccc(F)cc1)c1ccc(F)cc1. The van der Waals surface area contributed by atoms with Gasteiger partial charge < -0.3 is 0 Å². The summed E-state index contributed by atoms with van der Waals surface area (Å²) in [6.45, 7) is 4.38. The summed E-state index contributed by atoms with van der Waals surface area (Å²) in [7, 11) is 0. The monoisotopic (exact) mass is 244 g/mol. The van der Waals surface area contributed by atoms with Gasteiger partial charge in [0.2, 0.25) is 6.71 Å². The highest BCUT2D eigenvalue weighted by Crippen LogP contribution is 2.09. The highest BCUT2D eigenvalue weighted by molar-refractivity contribution is 6.86. The first-order valence-electron chi connectivity index (χ1n) is 6.09. The van der Waals surface area contributed by atoms with Crippen molar-refractivity contribution in [3.05, 3.63) is 60.2 Å². The molecule has 2 aromatic rings. The number of halogens is 2. The van der Waals surface area contributed by atoms with Crippen LogP contribution in [0.4, 0.5) is 8.78 Å². The standard InChI is InChI=1S/C15H15BF2/c1-11(2)16(12-3-7-14(17)8-4-12)13-5-9-15(18)10-6-13/h3-11H,1-2H3. The molecule has 0 aliphatic rings. The Bertz CT molecular complexity index is 458. The molecular weight excluding hydrogens is 229 g/mol. The summed E-state index contributed by atoms with van der Waals surface area (Å²) in [5, 5.41) is 0. The van der Waals surface area contributed by atoms with Crippen molar-refractivity contribution < 1.29 is 8.78 Å². The van der Waals surface area contributed by atoms with E-state index in [1.165, 1.54) is 24.3 Å². The van der Waals surface area contributed by atoms with E-state index >= 15 is 0 Å². The van der Waals surface area contributed by atoms with Crippen molar-refractivity contribution >= 4 is 17.6 Å². The third-order valence-corrected chi connectivity index (χ3v) is 3.12. The molecule has 0 radical (unpaired) electrons. The summed E-state index contributed by atoms with van der Waals surface area (Å²) in [5.74, 6) is -0.110. The minimum Gasteiger partial charge on any atom is -0.207 e. The van der Waals surface area contributed by atoms with Gasteiger partial charge in [-0.3, -0.25) is 0 Å². The van der Waals surface area contributed by atoms with E-state index in [0.717, 1.165) is 10.9 Å². The van der Waals surface area contributed by atoms with Gasteiger partial charge in [-0.25, -0.2) is 8.78 Å². The molecule has 0 nitrogen and oxygen atoms in total. The Hall–Kier alpha value is -1.64. The van der Waals surface area contributed by atoms with Gasteiger partial charge in [-0.05, 0) is 24.3 Å². The van der Waals surface area contributed by atoms with Crippen molar-refractivity contribution in [1.29, 1.82) is 0 Å². The van der Waals surface area contributed by atoms with E-state index < -0.39 is 0 Å². The lowest BCUT2D eigenvalue weighted by Gasteiger charge is -2.18. The minimum atomic E-state index is -0.236. The van der Waals surface area contributed by atoms with Gasteiger partial charge in [-0.2, -0.15) is 0 Å². The second-order valence-corrected chi connectivity index (χ2v) is 4.82. The molecule has 3 heteroatoms. The maximum absolute atomic E-state index is 13.0. The summed E-state index contributed by atoms with van der Waals surface area (Å²) in [6.07, 6.45) is 0. The summed E-state index contributed by atoms with van der Waals surface area (Å²) in [4.78, 5) is 0. The van der Waals surface area contributed by atoms with E-state index in [1.54, 1.807) is 24.3 Å². The maximum Gasteiger partial charge on any atom is 0.211 e. The molecule has 0 heterocycles. The van der Waals surface area contributed by atoms with Crippen LogP contribution in [0.5, 0.6) is 0 Å². The largest absolute Gasteiger partial charge is 0.211 e. The van der Waals surface area contributed by atoms with Crippen molar-refractivity contribution in [3.63, 3.8) is 0 Å². The lowest BCUT2D eigenvalue weighted by molar-refractivity contribution is 0.628. The van der Waals surface area contributed by atoms with Gasteiger partial charge in [0, 0.05) is 0 Å². The first kappa shape index (κ1) is 12.8. The second kappa shape index (κ2) is 5.34. The molecule has 0 aromatic heterocycles. The lowest BCUT2D eigenvalue weighted by Crippen LogP contribution is -2.44. The molecule has 0 spiro atoms. The lowest BCUT2D eigenvalue weighted by atomic mass is 9.34. The molecule has 0 atom stereocenters. The predicted octanol–water partition coefficient (Wildman–Crippen LogP) is 2.98. The van der Waals surface area contributed by atoms with Crippen LogP contribution in [-0.2, 0) is 0 Å². The fourth-order valence-corrected chi connectivity index (χ4v) is 2.30. The van der Waals surface area contributed by atoms with E-state index in [4.69, 9.17) is 0 Å². The van der Waals surface area contributed by atoms with Gasteiger partial charge in [0.15, 0.2) is 0 Å². The molecule has 2 aromatic carbocycles. The van der Waals surface area contributed by atoms with Gasteiger partial charge in [-0.15, -0.1) is 0 Å². The molecule has 0 saturated heterocycles. The molecule has 0 N–H and O–H groups in total. The Kier molecular flexibility index (Phi) is 3.80. The molecule has 18 heavy (non-hydrogen) atoms. The van der Waals surface area contributed by atoms with Gasteiger partial charge in [0.05, 0.1) is 0 Å². The predicted molar refractivity (Wildman–Crippen MR) is 72.9 cm³/mol. The van der Waals surface area contributed by atoms with Gasteiger partial charge in [0.1, 0.15) is 11.6 Å². The summed E-state index contributed by atoms with van der Waals surface area (Å²) < 4.78 is 25.9. The van der Waals surface area contributed by atoms with Crippen LogP contribution in [0.25, 0.3) is 0 Å². The summed E-state index contributed by atoms with van der Waals surface area (Å²) in [6, 6.07) is 13.0. The number of rotatable bonds is 3. The molecule has 0 aliphatic heterocycles. The van der Waals surface area contributed by atoms with Crippen molar-refractivity contribution in [3.8, 4) is 0 Å². The smallest absolute Gasteiger partial charge is 0.207 e. The van der Waals surface area contributed by atoms with Crippen LogP contribution in [0.3, 0.4) is 0 Å². The van der Waals surface area contributed by atoms with E-state index in [-0.39, 0.29) is 18.3 Å². The Morgan fingerprint density at radius 1 is 0.722 bits per heavy atom. The van der Waals surface area contributed by atoms with Crippen molar-refractivity contribution in [2.24, 2.45) is 0 Å². The first-order chi connectivity index (χ1) is 8.58. The third-order valence-electron chi connectivity index (χ3n) is 3.12. The maximum atomic E-state index is 13.0. The van der Waals surface area contributed by atoms with Crippen LogP contribution in [-0.4, -0.2) is 6.71 Å². The van der Waals surface area contributed by atoms with Crippen molar-refractivity contribution in [2.75, 3.05) is 0 Å². The van der Waals surface area contributed by atoms with Crippen LogP contribution >= 0.6 is 0 Å². The average Bonchev–Trinajstić information content (AvgIpc) is 2.34. The molecule has 0 fully saturated rings. The Morgan fingerprint density at radius 2 is 1.06 bits per heavy atom. The van der Waals surface area contributed by atoms with Crippen molar-refractivity contribution in [2.45, 2.75) is 19.7 Å². The normalized spacial score (nSPS) is 10.7.